The normalized spacial score (nSPS) is 10.8. The molecule has 7 nitrogen and oxygen atoms in total. The fraction of sp³-hybridized carbons (Fsp3) is 0.154. The molecule has 0 saturated heterocycles. The van der Waals surface area contributed by atoms with E-state index in [4.69, 9.17) is 41.8 Å². The van der Waals surface area contributed by atoms with Crippen LogP contribution in [-0.4, -0.2) is 26.7 Å². The third-order valence-electron chi connectivity index (χ3n) is 5.25. The summed E-state index contributed by atoms with van der Waals surface area (Å²) in [4.78, 5) is 25.9. The summed E-state index contributed by atoms with van der Waals surface area (Å²) < 4.78 is 22.5. The summed E-state index contributed by atoms with van der Waals surface area (Å²) in [5.41, 5.74) is 1.66. The standard InChI is InChI=1S/C26H21Cl2NO6/c1-14-10-21-18(12-19(14)28)24(31)26(34-13-23(30)29-17-7-5-16(27)6-8-17)25(35-21)15-4-9-20(32-2)22(11-15)33-3/h4-12H,13H2,1-3H3,(H,29,30). The van der Waals surface area contributed by atoms with Crippen molar-refractivity contribution in [2.75, 3.05) is 26.1 Å². The predicted octanol–water partition coefficient (Wildman–Crippen LogP) is 6.11. The van der Waals surface area contributed by atoms with Gasteiger partial charge in [-0.1, -0.05) is 23.2 Å². The first-order chi connectivity index (χ1) is 16.8. The number of anilines is 1. The zero-order chi connectivity index (χ0) is 25.1. The van der Waals surface area contributed by atoms with Gasteiger partial charge in [0.15, 0.2) is 23.9 Å². The van der Waals surface area contributed by atoms with Gasteiger partial charge in [0.2, 0.25) is 11.2 Å². The average Bonchev–Trinajstić information content (AvgIpc) is 2.85. The number of methoxy groups -OCH3 is 2. The SMILES string of the molecule is COc1ccc(-c2oc3cc(C)c(Cl)cc3c(=O)c2OCC(=O)Nc2ccc(Cl)cc2)cc1OC. The number of aryl methyl sites for hydroxylation is 1. The second-order valence-corrected chi connectivity index (χ2v) is 8.44. The van der Waals surface area contributed by atoms with Crippen LogP contribution in [-0.2, 0) is 4.79 Å². The van der Waals surface area contributed by atoms with Crippen molar-refractivity contribution in [3.05, 3.63) is 80.4 Å². The van der Waals surface area contributed by atoms with E-state index in [0.29, 0.717) is 38.4 Å². The molecule has 0 atom stereocenters. The Morgan fingerprint density at radius 3 is 2.37 bits per heavy atom. The Kier molecular flexibility index (Phi) is 7.19. The molecule has 4 rings (SSSR count). The summed E-state index contributed by atoms with van der Waals surface area (Å²) in [5.74, 6) is 0.491. The van der Waals surface area contributed by atoms with Crippen LogP contribution >= 0.6 is 23.2 Å². The van der Waals surface area contributed by atoms with Crippen molar-refractivity contribution in [3.8, 4) is 28.6 Å². The number of rotatable bonds is 7. The van der Waals surface area contributed by atoms with E-state index < -0.39 is 17.9 Å². The Morgan fingerprint density at radius 1 is 0.971 bits per heavy atom. The molecule has 0 spiro atoms. The molecule has 0 radical (unpaired) electrons. The maximum Gasteiger partial charge on any atom is 0.262 e. The zero-order valence-electron chi connectivity index (χ0n) is 19.1. The molecular weight excluding hydrogens is 493 g/mol. The van der Waals surface area contributed by atoms with E-state index in [0.717, 1.165) is 5.56 Å². The zero-order valence-corrected chi connectivity index (χ0v) is 20.6. The van der Waals surface area contributed by atoms with E-state index in [-0.39, 0.29) is 16.9 Å². The highest BCUT2D eigenvalue weighted by Crippen LogP contribution is 2.37. The Labute approximate surface area is 211 Å². The molecule has 35 heavy (non-hydrogen) atoms. The summed E-state index contributed by atoms with van der Waals surface area (Å²) in [5, 5.41) is 3.88. The molecule has 0 bridgehead atoms. The van der Waals surface area contributed by atoms with E-state index >= 15 is 0 Å². The smallest absolute Gasteiger partial charge is 0.262 e. The summed E-state index contributed by atoms with van der Waals surface area (Å²) in [6.07, 6.45) is 0. The molecule has 0 unspecified atom stereocenters. The summed E-state index contributed by atoms with van der Waals surface area (Å²) in [6, 6.07) is 14.9. The molecule has 3 aromatic carbocycles. The lowest BCUT2D eigenvalue weighted by atomic mass is 10.1. The summed E-state index contributed by atoms with van der Waals surface area (Å²) in [6.45, 7) is 1.38. The van der Waals surface area contributed by atoms with Crippen molar-refractivity contribution >= 4 is 45.8 Å². The molecule has 1 amide bonds. The van der Waals surface area contributed by atoms with Gasteiger partial charge in [0.25, 0.3) is 5.91 Å². The number of hydrogen-bond donors (Lipinski definition) is 1. The Hall–Kier alpha value is -3.68. The van der Waals surface area contributed by atoms with Gasteiger partial charge in [0, 0.05) is 21.3 Å². The Bertz CT molecular complexity index is 1460. The van der Waals surface area contributed by atoms with Crippen LogP contribution < -0.4 is 25.0 Å². The van der Waals surface area contributed by atoms with Crippen LogP contribution in [0.4, 0.5) is 5.69 Å². The molecule has 0 aliphatic heterocycles. The monoisotopic (exact) mass is 513 g/mol. The van der Waals surface area contributed by atoms with E-state index in [1.54, 1.807) is 48.5 Å². The van der Waals surface area contributed by atoms with E-state index in [1.807, 2.05) is 6.92 Å². The maximum atomic E-state index is 13.4. The van der Waals surface area contributed by atoms with Crippen molar-refractivity contribution < 1.29 is 23.4 Å². The van der Waals surface area contributed by atoms with Crippen LogP contribution in [0.2, 0.25) is 10.0 Å². The van der Waals surface area contributed by atoms with Crippen LogP contribution in [0.5, 0.6) is 17.2 Å². The first-order valence-corrected chi connectivity index (χ1v) is 11.2. The molecule has 4 aromatic rings. The molecule has 0 aliphatic rings. The molecule has 0 fully saturated rings. The molecule has 1 heterocycles. The molecule has 1 N–H and O–H groups in total. The molecule has 0 saturated carbocycles. The van der Waals surface area contributed by atoms with Crippen molar-refractivity contribution in [1.82, 2.24) is 0 Å². The summed E-state index contributed by atoms with van der Waals surface area (Å²) in [7, 11) is 3.02. The molecule has 180 valence electrons. The lowest BCUT2D eigenvalue weighted by Gasteiger charge is -2.14. The predicted molar refractivity (Wildman–Crippen MR) is 136 cm³/mol. The highest BCUT2D eigenvalue weighted by molar-refractivity contribution is 6.32. The number of benzene rings is 3. The van der Waals surface area contributed by atoms with E-state index in [1.165, 1.54) is 20.3 Å². The van der Waals surface area contributed by atoms with Gasteiger partial charge in [-0.2, -0.15) is 0 Å². The van der Waals surface area contributed by atoms with Gasteiger partial charge in [-0.05, 0) is 67.1 Å². The van der Waals surface area contributed by atoms with E-state index in [2.05, 4.69) is 5.32 Å². The number of nitrogens with one attached hydrogen (secondary N) is 1. The van der Waals surface area contributed by atoms with Crippen LogP contribution in [0.15, 0.2) is 63.8 Å². The van der Waals surface area contributed by atoms with Gasteiger partial charge in [0.05, 0.1) is 19.6 Å². The summed E-state index contributed by atoms with van der Waals surface area (Å²) >= 11 is 12.1. The first kappa shape index (κ1) is 24.4. The van der Waals surface area contributed by atoms with Crippen molar-refractivity contribution in [3.63, 3.8) is 0 Å². The number of ether oxygens (including phenoxy) is 3. The first-order valence-electron chi connectivity index (χ1n) is 10.5. The van der Waals surface area contributed by atoms with Crippen LogP contribution in [0, 0.1) is 6.92 Å². The minimum Gasteiger partial charge on any atom is -0.493 e. The number of amides is 1. The lowest BCUT2D eigenvalue weighted by Crippen LogP contribution is -2.22. The largest absolute Gasteiger partial charge is 0.493 e. The molecule has 1 aromatic heterocycles. The van der Waals surface area contributed by atoms with Crippen molar-refractivity contribution in [2.45, 2.75) is 6.92 Å². The maximum absolute atomic E-state index is 13.4. The van der Waals surface area contributed by atoms with Crippen molar-refractivity contribution in [1.29, 1.82) is 0 Å². The third kappa shape index (κ3) is 5.21. The second kappa shape index (κ2) is 10.3. The number of fused-ring (bicyclic) bond motifs is 1. The van der Waals surface area contributed by atoms with Gasteiger partial charge in [0.1, 0.15) is 5.58 Å². The molecular formula is C26H21Cl2NO6. The fourth-order valence-corrected chi connectivity index (χ4v) is 3.75. The van der Waals surface area contributed by atoms with Gasteiger partial charge >= 0.3 is 0 Å². The van der Waals surface area contributed by atoms with Crippen LogP contribution in [0.3, 0.4) is 0 Å². The lowest BCUT2D eigenvalue weighted by molar-refractivity contribution is -0.118. The van der Waals surface area contributed by atoms with Crippen LogP contribution in [0.1, 0.15) is 5.56 Å². The minimum absolute atomic E-state index is 0.129. The topological polar surface area (TPSA) is 87.0 Å². The number of carbonyl (C=O) groups excluding carboxylic acids is 1. The quantitative estimate of drug-likeness (QED) is 0.320. The van der Waals surface area contributed by atoms with Gasteiger partial charge in [-0.15, -0.1) is 0 Å². The Morgan fingerprint density at radius 2 is 1.69 bits per heavy atom. The highest BCUT2D eigenvalue weighted by Gasteiger charge is 2.21. The number of halogens is 2. The van der Waals surface area contributed by atoms with E-state index in [9.17, 15) is 9.59 Å². The van der Waals surface area contributed by atoms with Gasteiger partial charge in [-0.25, -0.2) is 0 Å². The van der Waals surface area contributed by atoms with Crippen LogP contribution in [0.25, 0.3) is 22.3 Å². The number of carbonyl (C=O) groups is 1. The molecule has 0 aliphatic carbocycles. The average molecular weight is 514 g/mol. The third-order valence-corrected chi connectivity index (χ3v) is 5.91. The van der Waals surface area contributed by atoms with Crippen molar-refractivity contribution in [2.24, 2.45) is 0 Å². The fourth-order valence-electron chi connectivity index (χ4n) is 3.47. The van der Waals surface area contributed by atoms with Gasteiger partial charge < -0.3 is 23.9 Å². The second-order valence-electron chi connectivity index (χ2n) is 7.60. The molecule has 9 heteroatoms. The minimum atomic E-state index is -0.466. The highest BCUT2D eigenvalue weighted by atomic mass is 35.5. The van der Waals surface area contributed by atoms with Gasteiger partial charge in [-0.3, -0.25) is 9.59 Å². The number of hydrogen-bond acceptors (Lipinski definition) is 6. The Balaban J connectivity index is 1.76.